The minimum atomic E-state index is -1.32. The summed E-state index contributed by atoms with van der Waals surface area (Å²) in [7, 11) is 1.80. The lowest BCUT2D eigenvalue weighted by molar-refractivity contribution is -0.183. The molecule has 36 heavy (non-hydrogen) atoms. The molecule has 2 atom stereocenters. The van der Waals surface area contributed by atoms with Crippen molar-refractivity contribution >= 4 is 35.7 Å². The molecule has 0 aromatic rings. The highest BCUT2D eigenvalue weighted by atomic mass is 79.9. The van der Waals surface area contributed by atoms with Crippen LogP contribution in [0.25, 0.3) is 0 Å². The lowest BCUT2D eigenvalue weighted by atomic mass is 9.72. The summed E-state index contributed by atoms with van der Waals surface area (Å²) < 4.78 is 36.4. The van der Waals surface area contributed by atoms with Gasteiger partial charge in [0, 0.05) is 0 Å². The zero-order chi connectivity index (χ0) is 27.7. The number of aliphatic hydroxyl groups excluding tert-OH is 1. The Morgan fingerprint density at radius 1 is 0.833 bits per heavy atom. The number of esters is 2. The molecular formula is C24H42BBrO10. The fraction of sp³-hybridized carbons (Fsp3) is 0.833. The van der Waals surface area contributed by atoms with Crippen LogP contribution in [-0.2, 0) is 42.7 Å². The first-order valence-electron chi connectivity index (χ1n) is 11.8. The predicted octanol–water partition coefficient (Wildman–Crippen LogP) is 1.12. The second-order valence-corrected chi connectivity index (χ2v) is 11.9. The van der Waals surface area contributed by atoms with E-state index in [0.29, 0.717) is 39.6 Å². The van der Waals surface area contributed by atoms with Crippen LogP contribution in [0, 0.1) is 17.8 Å². The summed E-state index contributed by atoms with van der Waals surface area (Å²) in [6, 6.07) is 0. The van der Waals surface area contributed by atoms with Gasteiger partial charge in [-0.3, -0.25) is 9.59 Å². The molecular weight excluding hydrogens is 539 g/mol. The summed E-state index contributed by atoms with van der Waals surface area (Å²) in [4.78, 5) is 25.0. The second kappa shape index (κ2) is 18.1. The maximum Gasteiger partial charge on any atom is 0.322 e. The summed E-state index contributed by atoms with van der Waals surface area (Å²) in [6.07, 6.45) is 3.95. The third kappa shape index (κ3) is 16.5. The monoisotopic (exact) mass is 580 g/mol. The van der Waals surface area contributed by atoms with Gasteiger partial charge in [-0.15, -0.1) is 6.42 Å². The molecule has 0 aromatic carbocycles. The number of hydrogen-bond acceptors (Lipinski definition) is 10. The van der Waals surface area contributed by atoms with Crippen molar-refractivity contribution in [3.63, 3.8) is 0 Å². The Morgan fingerprint density at radius 2 is 1.31 bits per heavy atom. The van der Waals surface area contributed by atoms with Gasteiger partial charge in [0.1, 0.15) is 37.4 Å². The van der Waals surface area contributed by atoms with Crippen LogP contribution in [0.3, 0.4) is 0 Å². The van der Waals surface area contributed by atoms with E-state index in [9.17, 15) is 14.7 Å². The number of ether oxygens (including phenoxy) is 7. The molecule has 0 saturated heterocycles. The molecule has 0 spiro atoms. The molecule has 0 amide bonds. The van der Waals surface area contributed by atoms with Crippen molar-refractivity contribution in [1.29, 1.82) is 0 Å². The zero-order valence-electron chi connectivity index (χ0n) is 22.4. The molecule has 0 bridgehead atoms. The van der Waals surface area contributed by atoms with E-state index in [2.05, 4.69) is 21.9 Å². The number of carbonyl (C=O) groups is 2. The van der Waals surface area contributed by atoms with Gasteiger partial charge in [-0.05, 0) is 26.1 Å². The van der Waals surface area contributed by atoms with Crippen LogP contribution in [0.15, 0.2) is 0 Å². The molecule has 12 heteroatoms. The minimum Gasteiger partial charge on any atom is -0.463 e. The van der Waals surface area contributed by atoms with E-state index in [-0.39, 0.29) is 33.0 Å². The van der Waals surface area contributed by atoms with Crippen molar-refractivity contribution in [3.8, 4) is 12.3 Å². The Hall–Kier alpha value is -1.20. The van der Waals surface area contributed by atoms with Crippen LogP contribution in [0.2, 0.25) is 5.31 Å². The quantitative estimate of drug-likeness (QED) is 0.0528. The number of aliphatic hydroxyl groups is 1. The normalized spacial score (nSPS) is 14.5. The van der Waals surface area contributed by atoms with Crippen LogP contribution in [0.5, 0.6) is 0 Å². The van der Waals surface area contributed by atoms with Crippen molar-refractivity contribution in [2.45, 2.75) is 50.5 Å². The van der Waals surface area contributed by atoms with Gasteiger partial charge in [0.15, 0.2) is 6.29 Å². The Bertz CT molecular complexity index is 671. The topological polar surface area (TPSA) is 119 Å². The molecule has 0 heterocycles. The number of alkyl halides is 1. The zero-order valence-corrected chi connectivity index (χ0v) is 24.0. The molecule has 0 aromatic heterocycles. The molecule has 0 aliphatic heterocycles. The molecule has 10 nitrogen and oxygen atoms in total. The standard InChI is InChI=1S/C24H42BBrO10/c1-7-8-30-9-10-31-11-12-32-13-14-33-15-16-34-21(29)24(6,17-35-19(27)22(2,3)25)18-36-20(28)23(4,5)26/h1,19,27H,8-18,25H2,2-6H3. The Morgan fingerprint density at radius 3 is 1.75 bits per heavy atom. The number of hydrogen-bond donors (Lipinski definition) is 1. The fourth-order valence-corrected chi connectivity index (χ4v) is 2.34. The Kier molecular flexibility index (Phi) is 17.5. The van der Waals surface area contributed by atoms with Gasteiger partial charge < -0.3 is 38.3 Å². The Balaban J connectivity index is 4.35. The smallest absolute Gasteiger partial charge is 0.322 e. The molecule has 0 saturated carbocycles. The summed E-state index contributed by atoms with van der Waals surface area (Å²) in [5.41, 5.74) is -1.32. The molecule has 2 unspecified atom stereocenters. The van der Waals surface area contributed by atoms with Crippen LogP contribution < -0.4 is 0 Å². The maximum absolute atomic E-state index is 12.8. The number of halogens is 1. The van der Waals surface area contributed by atoms with Crippen molar-refractivity contribution in [3.05, 3.63) is 0 Å². The van der Waals surface area contributed by atoms with E-state index >= 15 is 0 Å². The largest absolute Gasteiger partial charge is 0.463 e. The third-order valence-corrected chi connectivity index (χ3v) is 4.89. The number of carbonyl (C=O) groups excluding carboxylic acids is 2. The van der Waals surface area contributed by atoms with Crippen LogP contribution in [0.1, 0.15) is 34.6 Å². The van der Waals surface area contributed by atoms with Crippen LogP contribution in [0.4, 0.5) is 0 Å². The van der Waals surface area contributed by atoms with E-state index in [1.165, 1.54) is 0 Å². The molecule has 0 fully saturated rings. The van der Waals surface area contributed by atoms with Crippen molar-refractivity contribution in [2.24, 2.45) is 5.41 Å². The fourth-order valence-electron chi connectivity index (χ4n) is 2.23. The van der Waals surface area contributed by atoms with Gasteiger partial charge in [-0.2, -0.15) is 0 Å². The Labute approximate surface area is 224 Å². The van der Waals surface area contributed by atoms with Gasteiger partial charge in [-0.25, -0.2) is 0 Å². The van der Waals surface area contributed by atoms with E-state index in [1.807, 2.05) is 0 Å². The highest BCUT2D eigenvalue weighted by Crippen LogP contribution is 2.29. The summed E-state index contributed by atoms with van der Waals surface area (Å²) in [5, 5.41) is 9.65. The average molecular weight is 581 g/mol. The average Bonchev–Trinajstić information content (AvgIpc) is 2.79. The van der Waals surface area contributed by atoms with E-state index < -0.39 is 33.3 Å². The first-order valence-corrected chi connectivity index (χ1v) is 12.6. The summed E-state index contributed by atoms with van der Waals surface area (Å²) >= 11 is 3.23. The number of terminal acetylenes is 1. The molecule has 208 valence electrons. The first-order chi connectivity index (χ1) is 16.7. The highest BCUT2D eigenvalue weighted by molar-refractivity contribution is 9.10. The van der Waals surface area contributed by atoms with E-state index in [1.54, 1.807) is 42.5 Å². The molecule has 0 rings (SSSR count). The van der Waals surface area contributed by atoms with E-state index in [4.69, 9.17) is 39.6 Å². The third-order valence-electron chi connectivity index (χ3n) is 4.56. The highest BCUT2D eigenvalue weighted by Gasteiger charge is 2.40. The van der Waals surface area contributed by atoms with Gasteiger partial charge in [0.05, 0.1) is 52.9 Å². The van der Waals surface area contributed by atoms with Gasteiger partial charge >= 0.3 is 11.9 Å². The van der Waals surface area contributed by atoms with Crippen LogP contribution in [-0.4, -0.2) is 108 Å². The molecule has 1 N–H and O–H groups in total. The summed E-state index contributed by atoms with van der Waals surface area (Å²) in [5.74, 6) is 1.20. The SMILES string of the molecule is BC(C)(C)C(O)OCC(C)(COC(=O)C(C)(C)Br)C(=O)OCCOCCOCCOCCOCC#C. The van der Waals surface area contributed by atoms with Crippen molar-refractivity contribution < 1.29 is 47.9 Å². The van der Waals surface area contributed by atoms with Crippen molar-refractivity contribution in [2.75, 3.05) is 72.7 Å². The number of rotatable bonds is 21. The lowest BCUT2D eigenvalue weighted by Crippen LogP contribution is -2.43. The van der Waals surface area contributed by atoms with Crippen LogP contribution >= 0.6 is 15.9 Å². The van der Waals surface area contributed by atoms with Gasteiger partial charge in [0.2, 0.25) is 0 Å². The first kappa shape index (κ1) is 34.8. The summed E-state index contributed by atoms with van der Waals surface area (Å²) in [6.45, 7) is 10.8. The predicted molar refractivity (Wildman–Crippen MR) is 140 cm³/mol. The molecule has 0 radical (unpaired) electrons. The van der Waals surface area contributed by atoms with Crippen molar-refractivity contribution in [1.82, 2.24) is 0 Å². The molecule has 0 aliphatic carbocycles. The minimum absolute atomic E-state index is 0.00506. The lowest BCUT2D eigenvalue weighted by Gasteiger charge is -2.32. The molecule has 0 aliphatic rings. The maximum atomic E-state index is 12.8. The van der Waals surface area contributed by atoms with E-state index in [0.717, 1.165) is 0 Å². The van der Waals surface area contributed by atoms with Gasteiger partial charge in [0.25, 0.3) is 0 Å². The second-order valence-electron chi connectivity index (χ2n) is 9.87. The van der Waals surface area contributed by atoms with Gasteiger partial charge in [-0.1, -0.05) is 35.7 Å².